The number of nitrogens with one attached hydrogen (secondary N) is 1. The van der Waals surface area contributed by atoms with Gasteiger partial charge in [-0.05, 0) is 26.7 Å². The van der Waals surface area contributed by atoms with Crippen LogP contribution in [0, 0.1) is 0 Å². The summed E-state index contributed by atoms with van der Waals surface area (Å²) in [6, 6.07) is -1.46. The molecule has 4 amide bonds. The number of hydrogen-bond acceptors (Lipinski definition) is 8. The lowest BCUT2D eigenvalue weighted by Crippen LogP contribution is -2.65. The zero-order valence-electron chi connectivity index (χ0n) is 17.5. The van der Waals surface area contributed by atoms with Crippen molar-refractivity contribution in [2.75, 3.05) is 30.9 Å². The summed E-state index contributed by atoms with van der Waals surface area (Å²) in [7, 11) is 3.02. The van der Waals surface area contributed by atoms with Crippen LogP contribution < -0.4 is 10.2 Å². The highest BCUT2D eigenvalue weighted by Gasteiger charge is 2.50. The molecule has 2 fully saturated rings. The Kier molecular flexibility index (Phi) is 5.04. The van der Waals surface area contributed by atoms with Crippen molar-refractivity contribution >= 4 is 35.8 Å². The van der Waals surface area contributed by atoms with Gasteiger partial charge in [-0.1, -0.05) is 0 Å². The summed E-state index contributed by atoms with van der Waals surface area (Å²) < 4.78 is 0. The molecule has 0 saturated carbocycles. The van der Waals surface area contributed by atoms with Crippen LogP contribution in [0.25, 0.3) is 0 Å². The first-order valence-corrected chi connectivity index (χ1v) is 10.0. The molecule has 2 unspecified atom stereocenters. The predicted octanol–water partition coefficient (Wildman–Crippen LogP) is 0.355. The molecule has 0 aliphatic carbocycles. The summed E-state index contributed by atoms with van der Waals surface area (Å²) >= 11 is 0. The molecule has 4 rings (SSSR count). The summed E-state index contributed by atoms with van der Waals surface area (Å²) in [5.74, 6) is 0.371. The van der Waals surface area contributed by atoms with Gasteiger partial charge in [-0.25, -0.2) is 14.8 Å². The number of aliphatic imine (C=N–C) groups is 1. The molecule has 2 saturated heterocycles. The third-order valence-electron chi connectivity index (χ3n) is 6.07. The number of nitrogens with zero attached hydrogens (tertiary/aromatic N) is 7. The topological polar surface area (TPSA) is 114 Å². The lowest BCUT2D eigenvalue weighted by molar-refractivity contribution is -0.137. The van der Waals surface area contributed by atoms with Gasteiger partial charge in [-0.3, -0.25) is 19.5 Å². The van der Waals surface area contributed by atoms with Crippen molar-refractivity contribution in [3.05, 3.63) is 12.4 Å². The fourth-order valence-electron chi connectivity index (χ4n) is 4.20. The van der Waals surface area contributed by atoms with E-state index in [-0.39, 0.29) is 11.8 Å². The van der Waals surface area contributed by atoms with E-state index in [4.69, 9.17) is 0 Å². The van der Waals surface area contributed by atoms with Crippen molar-refractivity contribution in [2.24, 2.45) is 4.99 Å². The molecule has 11 nitrogen and oxygen atoms in total. The predicted molar refractivity (Wildman–Crippen MR) is 110 cm³/mol. The molecule has 4 atom stereocenters. The van der Waals surface area contributed by atoms with Gasteiger partial charge in [0.2, 0.25) is 5.91 Å². The third-order valence-corrected chi connectivity index (χ3v) is 6.07. The van der Waals surface area contributed by atoms with Crippen LogP contribution in [0.15, 0.2) is 17.4 Å². The van der Waals surface area contributed by atoms with Gasteiger partial charge in [-0.2, -0.15) is 0 Å². The smallest absolute Gasteiger partial charge is 0.328 e. The fourth-order valence-corrected chi connectivity index (χ4v) is 4.20. The molecule has 3 aliphatic heterocycles. The van der Waals surface area contributed by atoms with E-state index in [1.807, 2.05) is 0 Å². The van der Waals surface area contributed by atoms with Gasteiger partial charge in [0.25, 0.3) is 5.91 Å². The number of imide groups is 1. The Morgan fingerprint density at radius 2 is 2.03 bits per heavy atom. The van der Waals surface area contributed by atoms with Gasteiger partial charge in [0.15, 0.2) is 18.0 Å². The van der Waals surface area contributed by atoms with Crippen LogP contribution in [0.2, 0.25) is 0 Å². The molecule has 0 aromatic carbocycles. The van der Waals surface area contributed by atoms with Crippen LogP contribution in [0.3, 0.4) is 0 Å². The van der Waals surface area contributed by atoms with Crippen molar-refractivity contribution in [3.63, 3.8) is 0 Å². The minimum absolute atomic E-state index is 0.335. The molecule has 1 aromatic rings. The quantitative estimate of drug-likeness (QED) is 0.756. The second kappa shape index (κ2) is 7.54. The molecule has 0 radical (unpaired) electrons. The first-order chi connectivity index (χ1) is 14.3. The van der Waals surface area contributed by atoms with Crippen LogP contribution in [0.1, 0.15) is 26.7 Å². The lowest BCUT2D eigenvalue weighted by atomic mass is 10.1. The van der Waals surface area contributed by atoms with E-state index in [2.05, 4.69) is 32.1 Å². The van der Waals surface area contributed by atoms with Crippen molar-refractivity contribution in [1.82, 2.24) is 24.7 Å². The van der Waals surface area contributed by atoms with Gasteiger partial charge in [0.05, 0.1) is 18.7 Å². The number of amides is 4. The Labute approximate surface area is 174 Å². The maximum absolute atomic E-state index is 12.9. The molecule has 3 aliphatic rings. The van der Waals surface area contributed by atoms with Crippen LogP contribution in [0.5, 0.6) is 0 Å². The fraction of sp³-hybridized carbons (Fsp3) is 0.579. The van der Waals surface area contributed by atoms with Gasteiger partial charge in [0, 0.05) is 26.7 Å². The van der Waals surface area contributed by atoms with Crippen molar-refractivity contribution in [3.8, 4) is 0 Å². The zero-order valence-corrected chi connectivity index (χ0v) is 17.5. The van der Waals surface area contributed by atoms with Gasteiger partial charge in [0.1, 0.15) is 11.9 Å². The van der Waals surface area contributed by atoms with Gasteiger partial charge >= 0.3 is 6.03 Å². The number of carbonyl (C=O) groups excluding carboxylic acids is 3. The Balaban J connectivity index is 1.48. The summed E-state index contributed by atoms with van der Waals surface area (Å²) in [6.45, 7) is 4.75. The van der Waals surface area contributed by atoms with E-state index in [0.29, 0.717) is 11.9 Å². The molecule has 160 valence electrons. The highest BCUT2D eigenvalue weighted by Crippen LogP contribution is 2.27. The number of fused-ring (bicyclic) bond motifs is 1. The summed E-state index contributed by atoms with van der Waals surface area (Å²) in [4.78, 5) is 57.0. The van der Waals surface area contributed by atoms with Crippen molar-refractivity contribution in [1.29, 1.82) is 0 Å². The van der Waals surface area contributed by atoms with Gasteiger partial charge in [-0.15, -0.1) is 0 Å². The molecule has 1 aromatic heterocycles. The van der Waals surface area contributed by atoms with Crippen molar-refractivity contribution in [2.45, 2.75) is 51.0 Å². The highest BCUT2D eigenvalue weighted by molar-refractivity contribution is 6.03. The van der Waals surface area contributed by atoms with E-state index in [1.54, 1.807) is 25.1 Å². The summed E-state index contributed by atoms with van der Waals surface area (Å²) in [5, 5.41) is 2.79. The monoisotopic (exact) mass is 414 g/mol. The Hall–Kier alpha value is -3.24. The maximum Gasteiger partial charge on any atom is 0.328 e. The number of carbonyl (C=O) groups is 3. The van der Waals surface area contributed by atoms with Gasteiger partial charge < -0.3 is 20.0 Å². The first kappa shape index (κ1) is 20.0. The number of aromatic nitrogens is 2. The molecule has 0 spiro atoms. The number of rotatable bonds is 4. The highest BCUT2D eigenvalue weighted by atomic mass is 16.2. The third kappa shape index (κ3) is 3.23. The number of urea groups is 1. The summed E-state index contributed by atoms with van der Waals surface area (Å²) in [5.41, 5.74) is 0. The molecule has 1 N–H and O–H groups in total. The maximum atomic E-state index is 12.9. The van der Waals surface area contributed by atoms with E-state index in [0.717, 1.165) is 30.1 Å². The Morgan fingerprint density at radius 1 is 1.27 bits per heavy atom. The second-order valence-corrected chi connectivity index (χ2v) is 7.97. The van der Waals surface area contributed by atoms with Crippen LogP contribution in [-0.4, -0.2) is 93.8 Å². The number of anilines is 2. The zero-order chi connectivity index (χ0) is 21.6. The Morgan fingerprint density at radius 3 is 2.73 bits per heavy atom. The molecule has 0 bridgehead atoms. The molecule has 11 heteroatoms. The molecule has 4 heterocycles. The normalized spacial score (nSPS) is 27.0. The average molecular weight is 414 g/mol. The minimum Gasteiger partial charge on any atom is -0.353 e. The van der Waals surface area contributed by atoms with E-state index in [9.17, 15) is 14.4 Å². The average Bonchev–Trinajstić information content (AvgIpc) is 3.36. The van der Waals surface area contributed by atoms with Crippen LogP contribution >= 0.6 is 0 Å². The summed E-state index contributed by atoms with van der Waals surface area (Å²) in [6.07, 6.45) is 6.23. The minimum atomic E-state index is -0.735. The standard InChI is InChI=1S/C19H26N8O3/c1-11-6-5-7-26(11)14-9-20-8-13(22-14)23-17(28)12(2)27-10-21-16-15(27)18(29)25(4)19(30)24(16)3/h8-12,15-16H,5-7H2,1-4H3,(H,22,23,28)/t11-,12-,15?,16?/m0/s1. The second-order valence-electron chi connectivity index (χ2n) is 7.97. The first-order valence-electron chi connectivity index (χ1n) is 10.0. The Bertz CT molecular complexity index is 906. The number of hydrogen-bond donors (Lipinski definition) is 1. The van der Waals surface area contributed by atoms with E-state index < -0.39 is 24.3 Å². The molecule has 30 heavy (non-hydrogen) atoms. The van der Waals surface area contributed by atoms with Crippen LogP contribution in [0.4, 0.5) is 16.4 Å². The number of likely N-dealkylation sites (N-methyl/N-ethyl adjacent to an activating group) is 2. The molecular weight excluding hydrogens is 388 g/mol. The SMILES string of the molecule is C[C@H]1CCCN1c1cncc(NC(=O)[C@H](C)N2C=NC3C2C(=O)N(C)C(=O)N3C)n1. The van der Waals surface area contributed by atoms with E-state index >= 15 is 0 Å². The van der Waals surface area contributed by atoms with Crippen LogP contribution in [-0.2, 0) is 9.59 Å². The molecular formula is C19H26N8O3. The van der Waals surface area contributed by atoms with E-state index in [1.165, 1.54) is 24.5 Å². The largest absolute Gasteiger partial charge is 0.353 e. The van der Waals surface area contributed by atoms with Crippen molar-refractivity contribution < 1.29 is 14.4 Å². The lowest BCUT2D eigenvalue weighted by Gasteiger charge is -2.40.